The Bertz CT molecular complexity index is 495. The van der Waals surface area contributed by atoms with Crippen molar-refractivity contribution in [3.8, 4) is 11.5 Å². The Kier molecular flexibility index (Phi) is 4.73. The first kappa shape index (κ1) is 14.9. The molecule has 1 atom stereocenters. The van der Waals surface area contributed by atoms with Crippen molar-refractivity contribution >= 4 is 18.3 Å². The maximum absolute atomic E-state index is 12.6. The van der Waals surface area contributed by atoms with E-state index in [1.807, 2.05) is 23.1 Å². The van der Waals surface area contributed by atoms with E-state index in [0.29, 0.717) is 30.3 Å². The van der Waals surface area contributed by atoms with E-state index in [-0.39, 0.29) is 24.4 Å². The van der Waals surface area contributed by atoms with E-state index in [9.17, 15) is 4.79 Å². The number of para-hydroxylation sites is 1. The normalized spacial score (nSPS) is 21.1. The van der Waals surface area contributed by atoms with E-state index in [1.54, 1.807) is 0 Å². The number of carbonyl (C=O) groups is 1. The van der Waals surface area contributed by atoms with Gasteiger partial charge in [0.15, 0.2) is 11.5 Å². The third-order valence-electron chi connectivity index (χ3n) is 3.56. The molecule has 2 aliphatic rings. The highest BCUT2D eigenvalue weighted by molar-refractivity contribution is 5.98. The van der Waals surface area contributed by atoms with Crippen LogP contribution in [0.2, 0.25) is 0 Å². The Morgan fingerprint density at radius 1 is 1.35 bits per heavy atom. The zero-order valence-corrected chi connectivity index (χ0v) is 12.2. The maximum atomic E-state index is 12.6. The second kappa shape index (κ2) is 6.33. The highest BCUT2D eigenvalue weighted by atomic mass is 35.5. The Morgan fingerprint density at radius 2 is 2.15 bits per heavy atom. The number of nitrogens with one attached hydrogen (secondary N) is 1. The van der Waals surface area contributed by atoms with Crippen LogP contribution in [0.15, 0.2) is 18.2 Å². The van der Waals surface area contributed by atoms with Crippen molar-refractivity contribution in [1.29, 1.82) is 0 Å². The van der Waals surface area contributed by atoms with Crippen LogP contribution >= 0.6 is 12.4 Å². The number of fused-ring (bicyclic) bond motifs is 1. The zero-order chi connectivity index (χ0) is 13.2. The van der Waals surface area contributed by atoms with Gasteiger partial charge in [-0.05, 0) is 19.1 Å². The van der Waals surface area contributed by atoms with Crippen molar-refractivity contribution in [2.45, 2.75) is 13.0 Å². The van der Waals surface area contributed by atoms with Gasteiger partial charge in [-0.2, -0.15) is 0 Å². The average molecular weight is 299 g/mol. The average Bonchev–Trinajstić information content (AvgIpc) is 2.46. The third kappa shape index (κ3) is 2.69. The smallest absolute Gasteiger partial charge is 0.258 e. The van der Waals surface area contributed by atoms with Crippen molar-refractivity contribution in [2.24, 2.45) is 0 Å². The van der Waals surface area contributed by atoms with E-state index >= 15 is 0 Å². The summed E-state index contributed by atoms with van der Waals surface area (Å²) in [5, 5.41) is 3.28. The molecule has 2 heterocycles. The zero-order valence-electron chi connectivity index (χ0n) is 11.4. The van der Waals surface area contributed by atoms with Gasteiger partial charge in [0.2, 0.25) is 0 Å². The van der Waals surface area contributed by atoms with Gasteiger partial charge < -0.3 is 19.7 Å². The van der Waals surface area contributed by atoms with E-state index in [4.69, 9.17) is 9.47 Å². The number of benzene rings is 1. The Balaban J connectivity index is 0.00000147. The van der Waals surface area contributed by atoms with Gasteiger partial charge in [0.05, 0.1) is 5.56 Å². The summed E-state index contributed by atoms with van der Waals surface area (Å²) in [6.07, 6.45) is 0. The highest BCUT2D eigenvalue weighted by Crippen LogP contribution is 2.34. The Hall–Kier alpha value is -1.46. The van der Waals surface area contributed by atoms with E-state index < -0.39 is 0 Å². The Labute approximate surface area is 124 Å². The van der Waals surface area contributed by atoms with Gasteiger partial charge in [0.1, 0.15) is 13.2 Å². The molecule has 2 aliphatic heterocycles. The lowest BCUT2D eigenvalue weighted by molar-refractivity contribution is 0.0646. The van der Waals surface area contributed by atoms with Gasteiger partial charge in [0.25, 0.3) is 5.91 Å². The fraction of sp³-hybridized carbons (Fsp3) is 0.500. The SMILES string of the molecule is CC1CNCCN1C(=O)c1cccc2c1OCCO2.Cl. The fourth-order valence-corrected chi connectivity index (χ4v) is 2.54. The molecule has 0 aliphatic carbocycles. The molecule has 1 N–H and O–H groups in total. The number of carbonyl (C=O) groups excluding carboxylic acids is 1. The second-order valence-electron chi connectivity index (χ2n) is 4.88. The van der Waals surface area contributed by atoms with Crippen LogP contribution in [0.4, 0.5) is 0 Å². The van der Waals surface area contributed by atoms with Gasteiger partial charge in [-0.15, -0.1) is 12.4 Å². The standard InChI is InChI=1S/C14H18N2O3.ClH/c1-10-9-15-5-6-16(10)14(17)11-3-2-4-12-13(11)19-8-7-18-12;/h2-4,10,15H,5-9H2,1H3;1H. The van der Waals surface area contributed by atoms with Crippen LogP contribution in [0.5, 0.6) is 11.5 Å². The number of ether oxygens (including phenoxy) is 2. The highest BCUT2D eigenvalue weighted by Gasteiger charge is 2.28. The van der Waals surface area contributed by atoms with Crippen LogP contribution in [0.25, 0.3) is 0 Å². The third-order valence-corrected chi connectivity index (χ3v) is 3.56. The minimum absolute atomic E-state index is 0. The predicted octanol–water partition coefficient (Wildman–Crippen LogP) is 1.31. The molecule has 1 fully saturated rings. The van der Waals surface area contributed by atoms with Crippen LogP contribution in [0.1, 0.15) is 17.3 Å². The fourth-order valence-electron chi connectivity index (χ4n) is 2.54. The van der Waals surface area contributed by atoms with Crippen LogP contribution < -0.4 is 14.8 Å². The lowest BCUT2D eigenvalue weighted by atomic mass is 10.1. The lowest BCUT2D eigenvalue weighted by Gasteiger charge is -2.34. The van der Waals surface area contributed by atoms with Gasteiger partial charge >= 0.3 is 0 Å². The lowest BCUT2D eigenvalue weighted by Crippen LogP contribution is -2.52. The first-order valence-corrected chi connectivity index (χ1v) is 6.67. The molecule has 0 radical (unpaired) electrons. The first-order valence-electron chi connectivity index (χ1n) is 6.67. The molecule has 6 heteroatoms. The summed E-state index contributed by atoms with van der Waals surface area (Å²) < 4.78 is 11.1. The molecule has 3 rings (SSSR count). The topological polar surface area (TPSA) is 50.8 Å². The molecule has 1 unspecified atom stereocenters. The molecule has 110 valence electrons. The van der Waals surface area contributed by atoms with Crippen LogP contribution in [-0.4, -0.2) is 49.7 Å². The molecular weight excluding hydrogens is 280 g/mol. The molecule has 0 saturated carbocycles. The molecule has 1 saturated heterocycles. The van der Waals surface area contributed by atoms with Gasteiger partial charge in [0, 0.05) is 25.7 Å². The van der Waals surface area contributed by atoms with Crippen LogP contribution in [-0.2, 0) is 0 Å². The van der Waals surface area contributed by atoms with E-state index in [2.05, 4.69) is 12.2 Å². The predicted molar refractivity (Wildman–Crippen MR) is 78.0 cm³/mol. The van der Waals surface area contributed by atoms with Crippen molar-refractivity contribution in [2.75, 3.05) is 32.8 Å². The van der Waals surface area contributed by atoms with Crippen molar-refractivity contribution in [3.63, 3.8) is 0 Å². The van der Waals surface area contributed by atoms with Crippen molar-refractivity contribution in [3.05, 3.63) is 23.8 Å². The molecule has 0 spiro atoms. The minimum atomic E-state index is 0. The summed E-state index contributed by atoms with van der Waals surface area (Å²) in [4.78, 5) is 14.5. The summed E-state index contributed by atoms with van der Waals surface area (Å²) in [6, 6.07) is 5.69. The second-order valence-corrected chi connectivity index (χ2v) is 4.88. The molecule has 20 heavy (non-hydrogen) atoms. The molecule has 5 nitrogen and oxygen atoms in total. The Morgan fingerprint density at radius 3 is 2.95 bits per heavy atom. The summed E-state index contributed by atoms with van der Waals surface area (Å²) in [7, 11) is 0. The number of amides is 1. The molecule has 1 aromatic carbocycles. The molecule has 1 amide bonds. The van der Waals surface area contributed by atoms with Gasteiger partial charge in [-0.1, -0.05) is 6.07 Å². The van der Waals surface area contributed by atoms with E-state index in [1.165, 1.54) is 0 Å². The monoisotopic (exact) mass is 298 g/mol. The number of rotatable bonds is 1. The van der Waals surface area contributed by atoms with E-state index in [0.717, 1.165) is 19.6 Å². The minimum Gasteiger partial charge on any atom is -0.486 e. The first-order chi connectivity index (χ1) is 9.27. The molecular formula is C14H19ClN2O3. The summed E-state index contributed by atoms with van der Waals surface area (Å²) in [6.45, 7) is 5.48. The van der Waals surface area contributed by atoms with Gasteiger partial charge in [-0.3, -0.25) is 4.79 Å². The quantitative estimate of drug-likeness (QED) is 0.849. The maximum Gasteiger partial charge on any atom is 0.258 e. The number of hydrogen-bond donors (Lipinski definition) is 1. The molecule has 0 aromatic heterocycles. The number of halogens is 1. The van der Waals surface area contributed by atoms with Crippen molar-refractivity contribution in [1.82, 2.24) is 10.2 Å². The number of hydrogen-bond acceptors (Lipinski definition) is 4. The largest absolute Gasteiger partial charge is 0.486 e. The molecule has 1 aromatic rings. The van der Waals surface area contributed by atoms with Gasteiger partial charge in [-0.25, -0.2) is 0 Å². The summed E-state index contributed by atoms with van der Waals surface area (Å²) >= 11 is 0. The number of nitrogens with zero attached hydrogens (tertiary/aromatic N) is 1. The van der Waals surface area contributed by atoms with Crippen molar-refractivity contribution < 1.29 is 14.3 Å². The van der Waals surface area contributed by atoms with Crippen LogP contribution in [0.3, 0.4) is 0 Å². The van der Waals surface area contributed by atoms with Crippen LogP contribution in [0, 0.1) is 0 Å². The summed E-state index contributed by atoms with van der Waals surface area (Å²) in [5.74, 6) is 1.28. The molecule has 0 bridgehead atoms. The number of piperazine rings is 1. The summed E-state index contributed by atoms with van der Waals surface area (Å²) in [5.41, 5.74) is 0.603.